The van der Waals surface area contributed by atoms with Crippen molar-refractivity contribution in [3.8, 4) is 5.69 Å². The number of amides is 1. The van der Waals surface area contributed by atoms with Crippen LogP contribution in [0.4, 0.5) is 0 Å². The summed E-state index contributed by atoms with van der Waals surface area (Å²) in [6.45, 7) is 4.24. The molecule has 0 unspecified atom stereocenters. The highest BCUT2D eigenvalue weighted by Crippen LogP contribution is 2.24. The Labute approximate surface area is 151 Å². The van der Waals surface area contributed by atoms with Gasteiger partial charge < -0.3 is 10.2 Å². The molecule has 3 rings (SSSR count). The van der Waals surface area contributed by atoms with Gasteiger partial charge in [-0.2, -0.15) is 5.10 Å². The highest BCUT2D eigenvalue weighted by Gasteiger charge is 2.23. The average Bonchev–Trinajstić information content (AvgIpc) is 2.96. The minimum absolute atomic E-state index is 0. The van der Waals surface area contributed by atoms with E-state index in [0.29, 0.717) is 40.6 Å². The summed E-state index contributed by atoms with van der Waals surface area (Å²) in [6.07, 6.45) is 1.73. The molecule has 1 aromatic carbocycles. The molecule has 1 N–H and O–H groups in total. The van der Waals surface area contributed by atoms with Crippen LogP contribution in [-0.4, -0.2) is 46.3 Å². The molecule has 1 fully saturated rings. The molecule has 0 aliphatic carbocycles. The molecule has 23 heavy (non-hydrogen) atoms. The predicted molar refractivity (Wildman–Crippen MR) is 94.2 cm³/mol. The number of carbonyl (C=O) groups excluding carboxylic acids is 1. The Balaban J connectivity index is 0.00000192. The number of piperazine rings is 1. The van der Waals surface area contributed by atoms with E-state index in [1.54, 1.807) is 35.1 Å². The second kappa shape index (κ2) is 7.53. The predicted octanol–water partition coefficient (Wildman–Crippen LogP) is 3.03. The molecular formula is C15H17Cl3N4O. The van der Waals surface area contributed by atoms with Crippen molar-refractivity contribution in [3.05, 3.63) is 46.2 Å². The Kier molecular flexibility index (Phi) is 5.92. The average molecular weight is 376 g/mol. The number of hydrogen-bond donors (Lipinski definition) is 1. The minimum Gasteiger partial charge on any atom is -0.334 e. The fraction of sp³-hybridized carbons (Fsp3) is 0.333. The van der Waals surface area contributed by atoms with Gasteiger partial charge in [-0.15, -0.1) is 12.4 Å². The van der Waals surface area contributed by atoms with Crippen molar-refractivity contribution in [1.82, 2.24) is 20.0 Å². The molecule has 1 atom stereocenters. The van der Waals surface area contributed by atoms with Crippen LogP contribution in [0.3, 0.4) is 0 Å². The summed E-state index contributed by atoms with van der Waals surface area (Å²) in [7, 11) is 0. The zero-order valence-electron chi connectivity index (χ0n) is 12.5. The number of rotatable bonds is 2. The first-order valence-corrected chi connectivity index (χ1v) is 7.84. The van der Waals surface area contributed by atoms with Gasteiger partial charge in [0.15, 0.2) is 5.69 Å². The molecular weight excluding hydrogens is 359 g/mol. The summed E-state index contributed by atoms with van der Waals surface area (Å²) in [5.74, 6) is -0.0582. The molecule has 1 saturated heterocycles. The monoisotopic (exact) mass is 374 g/mol. The van der Waals surface area contributed by atoms with Gasteiger partial charge in [0.05, 0.1) is 10.7 Å². The molecule has 0 radical (unpaired) electrons. The first-order chi connectivity index (χ1) is 10.5. The Morgan fingerprint density at radius 2 is 2.13 bits per heavy atom. The van der Waals surface area contributed by atoms with Crippen LogP contribution in [0.25, 0.3) is 5.69 Å². The molecule has 2 heterocycles. The lowest BCUT2D eigenvalue weighted by Crippen LogP contribution is -2.51. The molecule has 2 aromatic rings. The normalized spacial score (nSPS) is 17.7. The van der Waals surface area contributed by atoms with Crippen LogP contribution in [0.1, 0.15) is 17.4 Å². The second-order valence-corrected chi connectivity index (χ2v) is 6.19. The third-order valence-corrected chi connectivity index (χ3v) is 4.16. The standard InChI is InChI=1S/C15H16Cl2N4O.ClH/c1-10-9-20(7-5-18-10)15(22)13-4-6-21(19-13)14-3-2-11(16)8-12(14)17;/h2-4,6,8,10,18H,5,7,9H2,1H3;1H/t10-;/m1./s1. The Bertz CT molecular complexity index is 704. The quantitative estimate of drug-likeness (QED) is 0.878. The maximum absolute atomic E-state index is 12.5. The Morgan fingerprint density at radius 3 is 2.83 bits per heavy atom. The van der Waals surface area contributed by atoms with Crippen LogP contribution in [-0.2, 0) is 0 Å². The van der Waals surface area contributed by atoms with Crippen LogP contribution < -0.4 is 5.32 Å². The van der Waals surface area contributed by atoms with Gasteiger partial charge in [-0.25, -0.2) is 4.68 Å². The SMILES string of the molecule is C[C@@H]1CN(C(=O)c2ccn(-c3ccc(Cl)cc3Cl)n2)CCN1.Cl. The largest absolute Gasteiger partial charge is 0.334 e. The number of hydrogen-bond acceptors (Lipinski definition) is 3. The van der Waals surface area contributed by atoms with Crippen molar-refractivity contribution < 1.29 is 4.79 Å². The Morgan fingerprint density at radius 1 is 1.35 bits per heavy atom. The number of nitrogens with zero attached hydrogens (tertiary/aromatic N) is 3. The minimum atomic E-state index is -0.0582. The van der Waals surface area contributed by atoms with Crippen molar-refractivity contribution in [2.45, 2.75) is 13.0 Å². The van der Waals surface area contributed by atoms with E-state index in [-0.39, 0.29) is 18.3 Å². The highest BCUT2D eigenvalue weighted by atomic mass is 35.5. The summed E-state index contributed by atoms with van der Waals surface area (Å²) < 4.78 is 1.59. The van der Waals surface area contributed by atoms with Crippen LogP contribution in [0.5, 0.6) is 0 Å². The summed E-state index contributed by atoms with van der Waals surface area (Å²) in [6, 6.07) is 7.17. The highest BCUT2D eigenvalue weighted by molar-refractivity contribution is 6.35. The van der Waals surface area contributed by atoms with Crippen molar-refractivity contribution in [1.29, 1.82) is 0 Å². The zero-order chi connectivity index (χ0) is 15.7. The van der Waals surface area contributed by atoms with Crippen molar-refractivity contribution in [2.75, 3.05) is 19.6 Å². The van der Waals surface area contributed by atoms with Gasteiger partial charge in [-0.1, -0.05) is 23.2 Å². The summed E-state index contributed by atoms with van der Waals surface area (Å²) in [5, 5.41) is 8.71. The fourth-order valence-corrected chi connectivity index (χ4v) is 3.01. The van der Waals surface area contributed by atoms with Crippen molar-refractivity contribution >= 4 is 41.5 Å². The number of nitrogens with one attached hydrogen (secondary N) is 1. The lowest BCUT2D eigenvalue weighted by molar-refractivity contribution is 0.0702. The third kappa shape index (κ3) is 3.98. The van der Waals surface area contributed by atoms with Gasteiger partial charge >= 0.3 is 0 Å². The second-order valence-electron chi connectivity index (χ2n) is 5.35. The molecule has 0 spiro atoms. The molecule has 0 bridgehead atoms. The van der Waals surface area contributed by atoms with Gasteiger partial charge in [-0.3, -0.25) is 4.79 Å². The van der Waals surface area contributed by atoms with Gasteiger partial charge in [0.2, 0.25) is 0 Å². The summed E-state index contributed by atoms with van der Waals surface area (Å²) >= 11 is 12.1. The molecule has 5 nitrogen and oxygen atoms in total. The van der Waals surface area contributed by atoms with E-state index < -0.39 is 0 Å². The first-order valence-electron chi connectivity index (χ1n) is 7.08. The van der Waals surface area contributed by atoms with Gasteiger partial charge in [-0.05, 0) is 31.2 Å². The molecule has 1 amide bonds. The number of benzene rings is 1. The van der Waals surface area contributed by atoms with Crippen LogP contribution in [0.15, 0.2) is 30.5 Å². The van der Waals surface area contributed by atoms with E-state index in [4.69, 9.17) is 23.2 Å². The maximum Gasteiger partial charge on any atom is 0.274 e. The smallest absolute Gasteiger partial charge is 0.274 e. The van der Waals surface area contributed by atoms with Crippen LogP contribution in [0, 0.1) is 0 Å². The zero-order valence-corrected chi connectivity index (χ0v) is 14.8. The lowest BCUT2D eigenvalue weighted by atomic mass is 10.2. The molecule has 0 saturated carbocycles. The Hall–Kier alpha value is -1.27. The number of aromatic nitrogens is 2. The van der Waals surface area contributed by atoms with Gasteiger partial charge in [0, 0.05) is 36.9 Å². The van der Waals surface area contributed by atoms with Crippen LogP contribution >= 0.6 is 35.6 Å². The molecule has 8 heteroatoms. The summed E-state index contributed by atoms with van der Waals surface area (Å²) in [4.78, 5) is 14.3. The summed E-state index contributed by atoms with van der Waals surface area (Å²) in [5.41, 5.74) is 1.11. The van der Waals surface area contributed by atoms with Gasteiger partial charge in [0.25, 0.3) is 5.91 Å². The van der Waals surface area contributed by atoms with Crippen LogP contribution in [0.2, 0.25) is 10.0 Å². The first kappa shape index (κ1) is 18.1. The molecule has 1 aliphatic heterocycles. The maximum atomic E-state index is 12.5. The van der Waals surface area contributed by atoms with E-state index in [1.807, 2.05) is 4.90 Å². The fourth-order valence-electron chi connectivity index (χ4n) is 2.52. The van der Waals surface area contributed by atoms with Gasteiger partial charge in [0.1, 0.15) is 0 Å². The molecule has 1 aliphatic rings. The topological polar surface area (TPSA) is 50.2 Å². The van der Waals surface area contributed by atoms with E-state index in [1.165, 1.54) is 0 Å². The third-order valence-electron chi connectivity index (χ3n) is 3.62. The van der Waals surface area contributed by atoms with E-state index in [2.05, 4.69) is 17.3 Å². The van der Waals surface area contributed by atoms with Crippen molar-refractivity contribution in [3.63, 3.8) is 0 Å². The lowest BCUT2D eigenvalue weighted by Gasteiger charge is -2.31. The van der Waals surface area contributed by atoms with E-state index in [9.17, 15) is 4.79 Å². The number of halogens is 3. The number of carbonyl (C=O) groups is 1. The van der Waals surface area contributed by atoms with E-state index >= 15 is 0 Å². The molecule has 124 valence electrons. The molecule has 1 aromatic heterocycles. The van der Waals surface area contributed by atoms with Crippen molar-refractivity contribution in [2.24, 2.45) is 0 Å². The van der Waals surface area contributed by atoms with E-state index in [0.717, 1.165) is 6.54 Å².